The van der Waals surface area contributed by atoms with E-state index in [9.17, 15) is 9.18 Å². The number of nitrogens with zero attached hydrogens (tertiary/aromatic N) is 2. The number of benzene rings is 2. The predicted octanol–water partition coefficient (Wildman–Crippen LogP) is 4.12. The number of nitrogens with one attached hydrogen (secondary N) is 1. The molecule has 0 unspecified atom stereocenters. The number of aromatic nitrogens is 3. The van der Waals surface area contributed by atoms with E-state index in [1.165, 1.54) is 6.07 Å². The van der Waals surface area contributed by atoms with Crippen LogP contribution in [0.2, 0.25) is 0 Å². The fraction of sp³-hybridized carbons (Fsp3) is 0.316. The number of esters is 1. The number of carbonyl (C=O) groups is 1. The molecule has 0 saturated heterocycles. The van der Waals surface area contributed by atoms with Gasteiger partial charge in [0.25, 0.3) is 0 Å². The van der Waals surface area contributed by atoms with Crippen molar-refractivity contribution in [2.45, 2.75) is 26.7 Å². The van der Waals surface area contributed by atoms with Crippen LogP contribution in [-0.4, -0.2) is 34.6 Å². The quantitative estimate of drug-likeness (QED) is 0.508. The highest BCUT2D eigenvalue weighted by Gasteiger charge is 2.24. The first kappa shape index (κ1) is 17.8. The van der Waals surface area contributed by atoms with E-state index in [2.05, 4.69) is 22.3 Å². The molecule has 0 radical (unpaired) electrons. The third-order valence-corrected chi connectivity index (χ3v) is 3.96. The molecule has 0 aliphatic carbocycles. The first-order chi connectivity index (χ1) is 12.7. The Kier molecular flexibility index (Phi) is 5.46. The van der Waals surface area contributed by atoms with Crippen LogP contribution in [0, 0.1) is 5.82 Å². The van der Waals surface area contributed by atoms with E-state index in [1.54, 1.807) is 25.1 Å². The van der Waals surface area contributed by atoms with Crippen LogP contribution in [0.3, 0.4) is 0 Å². The lowest BCUT2D eigenvalue weighted by Gasteiger charge is -2.14. The minimum Gasteiger partial charge on any atom is -0.492 e. The number of ether oxygens (including phenoxy) is 2. The highest BCUT2D eigenvalue weighted by atomic mass is 19.1. The van der Waals surface area contributed by atoms with Crippen LogP contribution in [0.1, 0.15) is 37.2 Å². The van der Waals surface area contributed by atoms with E-state index in [0.717, 1.165) is 12.8 Å². The lowest BCUT2D eigenvalue weighted by molar-refractivity contribution is 0.0520. The molecular formula is C19H20FN3O3. The smallest absolute Gasteiger partial charge is 0.361 e. The van der Waals surface area contributed by atoms with E-state index in [1.807, 2.05) is 6.07 Å². The average molecular weight is 357 g/mol. The largest absolute Gasteiger partial charge is 0.492 e. The molecule has 0 bridgehead atoms. The maximum atomic E-state index is 14.7. The molecule has 7 heteroatoms. The summed E-state index contributed by atoms with van der Waals surface area (Å²) in [7, 11) is 0. The SMILES string of the molecule is CCCCOc1c(-c2n[nH]nc2C(=O)OCC)cc(F)c2ccccc12. The third-order valence-electron chi connectivity index (χ3n) is 3.96. The predicted molar refractivity (Wildman–Crippen MR) is 95.6 cm³/mol. The lowest BCUT2D eigenvalue weighted by atomic mass is 10.0. The second kappa shape index (κ2) is 7.95. The fourth-order valence-corrected chi connectivity index (χ4v) is 2.71. The molecule has 26 heavy (non-hydrogen) atoms. The van der Waals surface area contributed by atoms with Crippen molar-refractivity contribution in [1.82, 2.24) is 15.4 Å². The van der Waals surface area contributed by atoms with Crippen molar-refractivity contribution in [2.75, 3.05) is 13.2 Å². The van der Waals surface area contributed by atoms with E-state index in [4.69, 9.17) is 9.47 Å². The van der Waals surface area contributed by atoms with Gasteiger partial charge < -0.3 is 9.47 Å². The molecule has 0 saturated carbocycles. The summed E-state index contributed by atoms with van der Waals surface area (Å²) >= 11 is 0. The zero-order valence-corrected chi connectivity index (χ0v) is 14.7. The van der Waals surface area contributed by atoms with Gasteiger partial charge in [-0.2, -0.15) is 10.3 Å². The Morgan fingerprint density at radius 2 is 1.96 bits per heavy atom. The average Bonchev–Trinajstić information content (AvgIpc) is 3.13. The first-order valence-electron chi connectivity index (χ1n) is 8.59. The fourth-order valence-electron chi connectivity index (χ4n) is 2.71. The second-order valence-electron chi connectivity index (χ2n) is 5.72. The van der Waals surface area contributed by atoms with Gasteiger partial charge in [-0.25, -0.2) is 9.18 Å². The molecule has 0 aliphatic rings. The number of hydrogen-bond acceptors (Lipinski definition) is 5. The Balaban J connectivity index is 2.18. The van der Waals surface area contributed by atoms with Crippen LogP contribution in [0.4, 0.5) is 4.39 Å². The maximum absolute atomic E-state index is 14.7. The van der Waals surface area contributed by atoms with Crippen molar-refractivity contribution < 1.29 is 18.7 Å². The number of aromatic amines is 1. The number of rotatable bonds is 7. The first-order valence-corrected chi connectivity index (χ1v) is 8.59. The van der Waals surface area contributed by atoms with Gasteiger partial charge in [0.1, 0.15) is 17.3 Å². The summed E-state index contributed by atoms with van der Waals surface area (Å²) in [4.78, 5) is 12.1. The molecule has 1 aromatic heterocycles. The summed E-state index contributed by atoms with van der Waals surface area (Å²) in [6, 6.07) is 8.38. The highest BCUT2D eigenvalue weighted by Crippen LogP contribution is 2.38. The van der Waals surface area contributed by atoms with E-state index >= 15 is 0 Å². The second-order valence-corrected chi connectivity index (χ2v) is 5.72. The topological polar surface area (TPSA) is 77.1 Å². The number of hydrogen-bond donors (Lipinski definition) is 1. The summed E-state index contributed by atoms with van der Waals surface area (Å²) in [6.45, 7) is 4.44. The molecule has 3 aromatic rings. The molecule has 6 nitrogen and oxygen atoms in total. The van der Waals surface area contributed by atoms with Gasteiger partial charge >= 0.3 is 5.97 Å². The summed E-state index contributed by atoms with van der Waals surface area (Å²) in [5.74, 6) is -0.560. The summed E-state index contributed by atoms with van der Waals surface area (Å²) in [6.07, 6.45) is 1.82. The summed E-state index contributed by atoms with van der Waals surface area (Å²) in [5.41, 5.74) is 0.579. The van der Waals surface area contributed by atoms with Crippen molar-refractivity contribution in [3.63, 3.8) is 0 Å². The highest BCUT2D eigenvalue weighted by molar-refractivity contribution is 6.00. The Labute approximate surface area is 150 Å². The van der Waals surface area contributed by atoms with Crippen molar-refractivity contribution in [2.24, 2.45) is 0 Å². The molecule has 3 rings (SSSR count). The number of carbonyl (C=O) groups excluding carboxylic acids is 1. The van der Waals surface area contributed by atoms with Crippen LogP contribution < -0.4 is 4.74 Å². The number of H-pyrrole nitrogens is 1. The Morgan fingerprint density at radius 1 is 1.19 bits per heavy atom. The summed E-state index contributed by atoms with van der Waals surface area (Å²) in [5, 5.41) is 11.4. The van der Waals surface area contributed by atoms with Gasteiger partial charge in [0.05, 0.1) is 18.8 Å². The molecule has 2 aromatic carbocycles. The maximum Gasteiger partial charge on any atom is 0.361 e. The molecule has 0 spiro atoms. The molecule has 136 valence electrons. The van der Waals surface area contributed by atoms with Crippen LogP contribution in [0.25, 0.3) is 22.0 Å². The van der Waals surface area contributed by atoms with Crippen LogP contribution in [0.5, 0.6) is 5.75 Å². The van der Waals surface area contributed by atoms with Crippen LogP contribution in [-0.2, 0) is 4.74 Å². The van der Waals surface area contributed by atoms with Gasteiger partial charge in [0, 0.05) is 10.8 Å². The van der Waals surface area contributed by atoms with Crippen molar-refractivity contribution in [3.05, 3.63) is 41.8 Å². The molecular weight excluding hydrogens is 337 g/mol. The zero-order valence-electron chi connectivity index (χ0n) is 14.7. The van der Waals surface area contributed by atoms with Gasteiger partial charge in [-0.3, -0.25) is 0 Å². The van der Waals surface area contributed by atoms with E-state index in [-0.39, 0.29) is 18.0 Å². The minimum atomic E-state index is -0.621. The van der Waals surface area contributed by atoms with Gasteiger partial charge in [-0.1, -0.05) is 37.6 Å². The van der Waals surface area contributed by atoms with Crippen molar-refractivity contribution in [1.29, 1.82) is 0 Å². The van der Waals surface area contributed by atoms with Gasteiger partial charge in [0.2, 0.25) is 0 Å². The molecule has 1 N–H and O–H groups in total. The number of fused-ring (bicyclic) bond motifs is 1. The Bertz CT molecular complexity index is 924. The molecule has 0 fully saturated rings. The Morgan fingerprint density at radius 3 is 2.69 bits per heavy atom. The lowest BCUT2D eigenvalue weighted by Crippen LogP contribution is -2.08. The van der Waals surface area contributed by atoms with E-state index in [0.29, 0.717) is 28.7 Å². The van der Waals surface area contributed by atoms with Crippen LogP contribution in [0.15, 0.2) is 30.3 Å². The van der Waals surface area contributed by atoms with Crippen molar-refractivity contribution >= 4 is 16.7 Å². The minimum absolute atomic E-state index is 0.00173. The normalized spacial score (nSPS) is 10.9. The monoisotopic (exact) mass is 357 g/mol. The molecule has 0 amide bonds. The Hall–Kier alpha value is -2.96. The molecule has 0 atom stereocenters. The van der Waals surface area contributed by atoms with Gasteiger partial charge in [0.15, 0.2) is 5.69 Å². The molecule has 0 aliphatic heterocycles. The standard InChI is InChI=1S/C19H20FN3O3/c1-3-5-10-26-18-13-9-7-6-8-12(13)15(20)11-14(18)16-17(22-23-21-16)19(24)25-4-2/h6-9,11H,3-5,10H2,1-2H3,(H,21,22,23). The van der Waals surface area contributed by atoms with Crippen LogP contribution >= 0.6 is 0 Å². The zero-order chi connectivity index (χ0) is 18.5. The number of halogens is 1. The molecule has 1 heterocycles. The number of unbranched alkanes of at least 4 members (excludes halogenated alkanes) is 1. The van der Waals surface area contributed by atoms with E-state index < -0.39 is 11.8 Å². The van der Waals surface area contributed by atoms with Gasteiger partial charge in [-0.15, -0.1) is 5.10 Å². The third kappa shape index (κ3) is 3.37. The van der Waals surface area contributed by atoms with Gasteiger partial charge in [-0.05, 0) is 19.4 Å². The van der Waals surface area contributed by atoms with Crippen molar-refractivity contribution in [3.8, 4) is 17.0 Å². The summed E-state index contributed by atoms with van der Waals surface area (Å²) < 4.78 is 25.6.